The predicted molar refractivity (Wildman–Crippen MR) is 87.5 cm³/mol. The Balaban J connectivity index is 1.74. The fourth-order valence-electron chi connectivity index (χ4n) is 2.08. The van der Waals surface area contributed by atoms with Crippen LogP contribution in [0.25, 0.3) is 0 Å². The number of nitro groups is 1. The first-order valence-corrected chi connectivity index (χ1v) is 7.36. The zero-order valence-corrected chi connectivity index (χ0v) is 13.1. The molecule has 126 valence electrons. The maximum absolute atomic E-state index is 13.0. The number of nitrogens with zero attached hydrogens (tertiary/aromatic N) is 2. The van der Waals surface area contributed by atoms with Crippen LogP contribution in [0.5, 0.6) is 0 Å². The average Bonchev–Trinajstić information content (AvgIpc) is 2.54. The molecule has 0 aliphatic carbocycles. The van der Waals surface area contributed by atoms with Crippen LogP contribution in [0.4, 0.5) is 15.9 Å². The molecule has 0 saturated carbocycles. The summed E-state index contributed by atoms with van der Waals surface area (Å²) in [5, 5.41) is 16.4. The lowest BCUT2D eigenvalue weighted by Crippen LogP contribution is -2.25. The van der Waals surface area contributed by atoms with E-state index in [1.165, 1.54) is 24.4 Å². The minimum Gasteiger partial charge on any atom is -0.370 e. The first kappa shape index (κ1) is 17.3. The molecule has 0 unspecified atom stereocenters. The smallest absolute Gasteiger partial charge is 0.290 e. The molecule has 0 atom stereocenters. The molecule has 7 nitrogen and oxygen atoms in total. The van der Waals surface area contributed by atoms with Crippen LogP contribution in [0.1, 0.15) is 22.3 Å². The van der Waals surface area contributed by atoms with Crippen molar-refractivity contribution in [1.29, 1.82) is 0 Å². The van der Waals surface area contributed by atoms with Crippen molar-refractivity contribution in [2.24, 2.45) is 0 Å². The normalized spacial score (nSPS) is 10.2. The number of aromatic nitrogens is 1. The molecule has 0 saturated heterocycles. The Morgan fingerprint density at radius 2 is 2.12 bits per heavy atom. The number of hydrogen-bond acceptors (Lipinski definition) is 5. The maximum atomic E-state index is 13.0. The minimum atomic E-state index is -0.478. The van der Waals surface area contributed by atoms with E-state index in [2.05, 4.69) is 15.6 Å². The van der Waals surface area contributed by atoms with E-state index in [-0.39, 0.29) is 17.2 Å². The summed E-state index contributed by atoms with van der Waals surface area (Å²) in [5.41, 5.74) is 0.774. The number of benzene rings is 1. The van der Waals surface area contributed by atoms with E-state index in [4.69, 9.17) is 0 Å². The first-order valence-electron chi connectivity index (χ1n) is 7.36. The zero-order chi connectivity index (χ0) is 17.5. The lowest BCUT2D eigenvalue weighted by atomic mass is 10.2. The standard InChI is InChI=1S/C16H17FN4O3/c1-11-8-15(20-10-14(11)21(23)24)18-6-3-7-19-16(22)12-4-2-5-13(17)9-12/h2,4-5,8-10H,3,6-7H2,1H3,(H,18,20)(H,19,22). The number of anilines is 1. The van der Waals surface area contributed by atoms with Gasteiger partial charge in [0.05, 0.1) is 4.92 Å². The van der Waals surface area contributed by atoms with Crippen LogP contribution >= 0.6 is 0 Å². The second-order valence-corrected chi connectivity index (χ2v) is 5.16. The van der Waals surface area contributed by atoms with Crippen molar-refractivity contribution in [2.75, 3.05) is 18.4 Å². The first-order chi connectivity index (χ1) is 11.5. The lowest BCUT2D eigenvalue weighted by molar-refractivity contribution is -0.385. The van der Waals surface area contributed by atoms with Crippen molar-refractivity contribution in [3.05, 3.63) is 63.6 Å². The molecule has 1 aromatic carbocycles. The molecule has 0 fully saturated rings. The van der Waals surface area contributed by atoms with Gasteiger partial charge >= 0.3 is 0 Å². The summed E-state index contributed by atoms with van der Waals surface area (Å²) >= 11 is 0. The third kappa shape index (κ3) is 4.73. The molecule has 0 aliphatic heterocycles. The van der Waals surface area contributed by atoms with E-state index in [0.717, 1.165) is 0 Å². The third-order valence-electron chi connectivity index (χ3n) is 3.31. The van der Waals surface area contributed by atoms with Gasteiger partial charge in [-0.25, -0.2) is 9.37 Å². The van der Waals surface area contributed by atoms with Gasteiger partial charge in [-0.05, 0) is 37.6 Å². The Hall–Kier alpha value is -3.03. The number of pyridine rings is 1. The highest BCUT2D eigenvalue weighted by Gasteiger charge is 2.11. The summed E-state index contributed by atoms with van der Waals surface area (Å²) < 4.78 is 13.0. The number of nitrogens with one attached hydrogen (secondary N) is 2. The second kappa shape index (κ2) is 8.00. The molecule has 2 aromatic rings. The van der Waals surface area contributed by atoms with Crippen molar-refractivity contribution in [3.8, 4) is 0 Å². The van der Waals surface area contributed by atoms with Gasteiger partial charge in [-0.2, -0.15) is 0 Å². The van der Waals surface area contributed by atoms with Gasteiger partial charge in [-0.1, -0.05) is 6.07 Å². The van der Waals surface area contributed by atoms with Crippen molar-refractivity contribution in [2.45, 2.75) is 13.3 Å². The Bertz CT molecular complexity index is 752. The van der Waals surface area contributed by atoms with E-state index < -0.39 is 10.7 Å². The van der Waals surface area contributed by atoms with E-state index >= 15 is 0 Å². The number of carbonyl (C=O) groups is 1. The highest BCUT2D eigenvalue weighted by atomic mass is 19.1. The Morgan fingerprint density at radius 3 is 2.79 bits per heavy atom. The van der Waals surface area contributed by atoms with E-state index in [1.807, 2.05) is 0 Å². The van der Waals surface area contributed by atoms with Crippen LogP contribution in [-0.2, 0) is 0 Å². The average molecular weight is 332 g/mol. The van der Waals surface area contributed by atoms with Crippen molar-refractivity contribution >= 4 is 17.4 Å². The Kier molecular flexibility index (Phi) is 5.78. The van der Waals surface area contributed by atoms with Crippen molar-refractivity contribution in [1.82, 2.24) is 10.3 Å². The minimum absolute atomic E-state index is 0.0251. The van der Waals surface area contributed by atoms with E-state index in [1.54, 1.807) is 19.1 Å². The van der Waals surface area contributed by atoms with Crippen LogP contribution in [0, 0.1) is 22.9 Å². The van der Waals surface area contributed by atoms with Crippen LogP contribution in [0.3, 0.4) is 0 Å². The summed E-state index contributed by atoms with van der Waals surface area (Å²) in [4.78, 5) is 26.0. The van der Waals surface area contributed by atoms with Gasteiger partial charge in [0.1, 0.15) is 17.8 Å². The third-order valence-corrected chi connectivity index (χ3v) is 3.31. The molecule has 1 aromatic heterocycles. The van der Waals surface area contributed by atoms with Gasteiger partial charge in [0, 0.05) is 24.2 Å². The van der Waals surface area contributed by atoms with Gasteiger partial charge < -0.3 is 10.6 Å². The number of aryl methyl sites for hydroxylation is 1. The molecule has 0 spiro atoms. The molecule has 2 N–H and O–H groups in total. The molecule has 2 rings (SSSR count). The number of halogens is 1. The molecular weight excluding hydrogens is 315 g/mol. The van der Waals surface area contributed by atoms with Gasteiger partial charge in [0.15, 0.2) is 0 Å². The molecule has 1 amide bonds. The van der Waals surface area contributed by atoms with Crippen LogP contribution < -0.4 is 10.6 Å². The van der Waals surface area contributed by atoms with Crippen LogP contribution in [-0.4, -0.2) is 28.9 Å². The van der Waals surface area contributed by atoms with Gasteiger partial charge in [0.25, 0.3) is 11.6 Å². The second-order valence-electron chi connectivity index (χ2n) is 5.16. The largest absolute Gasteiger partial charge is 0.370 e. The van der Waals surface area contributed by atoms with Crippen molar-refractivity contribution < 1.29 is 14.1 Å². The Morgan fingerprint density at radius 1 is 1.33 bits per heavy atom. The van der Waals surface area contributed by atoms with E-state index in [0.29, 0.717) is 30.9 Å². The zero-order valence-electron chi connectivity index (χ0n) is 13.1. The molecule has 1 heterocycles. The molecule has 0 radical (unpaired) electrons. The van der Waals surface area contributed by atoms with Crippen LogP contribution in [0.15, 0.2) is 36.5 Å². The van der Waals surface area contributed by atoms with E-state index in [9.17, 15) is 19.3 Å². The fraction of sp³-hybridized carbons (Fsp3) is 0.250. The topological polar surface area (TPSA) is 97.2 Å². The summed E-state index contributed by atoms with van der Waals surface area (Å²) in [5.74, 6) is -0.253. The van der Waals surface area contributed by atoms with Gasteiger partial charge in [0.2, 0.25) is 0 Å². The van der Waals surface area contributed by atoms with Crippen molar-refractivity contribution in [3.63, 3.8) is 0 Å². The quantitative estimate of drug-likeness (QED) is 0.461. The number of amides is 1. The SMILES string of the molecule is Cc1cc(NCCCNC(=O)c2cccc(F)c2)ncc1[N+](=O)[O-]. The van der Waals surface area contributed by atoms with Crippen LogP contribution in [0.2, 0.25) is 0 Å². The lowest BCUT2D eigenvalue weighted by Gasteiger charge is -2.08. The monoisotopic (exact) mass is 332 g/mol. The predicted octanol–water partition coefficient (Wildman–Crippen LogP) is 2.67. The number of hydrogen-bond donors (Lipinski definition) is 2. The highest BCUT2D eigenvalue weighted by molar-refractivity contribution is 5.94. The molecule has 8 heteroatoms. The number of rotatable bonds is 7. The molecule has 0 aliphatic rings. The highest BCUT2D eigenvalue weighted by Crippen LogP contribution is 2.18. The number of carbonyl (C=O) groups excluding carboxylic acids is 1. The molecule has 0 bridgehead atoms. The summed E-state index contributed by atoms with van der Waals surface area (Å²) in [6.07, 6.45) is 1.84. The summed E-state index contributed by atoms with van der Waals surface area (Å²) in [6.45, 7) is 2.59. The Labute approximate surface area is 138 Å². The summed E-state index contributed by atoms with van der Waals surface area (Å²) in [6, 6.07) is 7.08. The van der Waals surface area contributed by atoms with Gasteiger partial charge in [-0.15, -0.1) is 0 Å². The molecule has 24 heavy (non-hydrogen) atoms. The molecular formula is C16H17FN4O3. The maximum Gasteiger partial charge on any atom is 0.290 e. The fourth-order valence-corrected chi connectivity index (χ4v) is 2.08. The summed E-state index contributed by atoms with van der Waals surface area (Å²) in [7, 11) is 0. The van der Waals surface area contributed by atoms with Gasteiger partial charge in [-0.3, -0.25) is 14.9 Å².